The van der Waals surface area contributed by atoms with Crippen molar-refractivity contribution in [1.82, 2.24) is 0 Å². The minimum Gasteiger partial charge on any atom is -0.481 e. The number of nitrogens with two attached hydrogens (primary N) is 1. The van der Waals surface area contributed by atoms with Crippen molar-refractivity contribution in [3.8, 4) is 0 Å². The van der Waals surface area contributed by atoms with Crippen LogP contribution in [0.15, 0.2) is 16.8 Å². The third-order valence-electron chi connectivity index (χ3n) is 1.37. The van der Waals surface area contributed by atoms with Crippen LogP contribution in [-0.2, 0) is 4.79 Å². The molecule has 0 aliphatic rings. The van der Waals surface area contributed by atoms with E-state index in [4.69, 9.17) is 10.8 Å². The summed E-state index contributed by atoms with van der Waals surface area (Å²) < 4.78 is 0. The highest BCUT2D eigenvalue weighted by Crippen LogP contribution is 2.16. The molecule has 13 heavy (non-hydrogen) atoms. The molecule has 0 saturated carbocycles. The van der Waals surface area contributed by atoms with Crippen LogP contribution in [0.25, 0.3) is 0 Å². The summed E-state index contributed by atoms with van der Waals surface area (Å²) in [4.78, 5) is 10.2. The highest BCUT2D eigenvalue weighted by molar-refractivity contribution is 7.07. The van der Waals surface area contributed by atoms with Crippen molar-refractivity contribution in [3.63, 3.8) is 0 Å². The van der Waals surface area contributed by atoms with Crippen molar-refractivity contribution < 1.29 is 9.90 Å². The van der Waals surface area contributed by atoms with Crippen LogP contribution in [0.4, 0.5) is 0 Å². The normalized spacial score (nSPS) is 11.3. The Hall–Kier alpha value is -0.870. The molecule has 3 N–H and O–H groups in total. The quantitative estimate of drug-likeness (QED) is 0.788. The molecule has 3 nitrogen and oxygen atoms in total. The van der Waals surface area contributed by atoms with E-state index in [0.717, 1.165) is 5.56 Å². The first kappa shape index (κ1) is 12.1. The number of hydrogen-bond acceptors (Lipinski definition) is 3. The standard InChI is InChI=1S/C7H9NO2S.C2H6/c8-6(3-7(9)10)5-1-2-11-4-5;1-2/h1-2,4,6H,3,8H2,(H,9,10);1-2H3. The minimum atomic E-state index is -0.858. The highest BCUT2D eigenvalue weighted by Gasteiger charge is 2.09. The van der Waals surface area contributed by atoms with E-state index < -0.39 is 5.97 Å². The van der Waals surface area contributed by atoms with Gasteiger partial charge in [0.2, 0.25) is 0 Å². The van der Waals surface area contributed by atoms with Gasteiger partial charge in [-0.2, -0.15) is 11.3 Å². The first-order chi connectivity index (χ1) is 6.20. The number of carboxylic acid groups (broad SMARTS) is 1. The molecule has 0 radical (unpaired) electrons. The summed E-state index contributed by atoms with van der Waals surface area (Å²) in [5.41, 5.74) is 6.47. The molecule has 0 bridgehead atoms. The molecule has 0 amide bonds. The summed E-state index contributed by atoms with van der Waals surface area (Å²) in [6.45, 7) is 4.00. The largest absolute Gasteiger partial charge is 0.481 e. The summed E-state index contributed by atoms with van der Waals surface area (Å²) in [6, 6.07) is 1.48. The fourth-order valence-corrected chi connectivity index (χ4v) is 1.52. The number of hydrogen-bond donors (Lipinski definition) is 2. The minimum absolute atomic E-state index is 0.00324. The Morgan fingerprint density at radius 1 is 1.69 bits per heavy atom. The molecule has 1 aromatic rings. The van der Waals surface area contributed by atoms with Gasteiger partial charge in [-0.25, -0.2) is 0 Å². The van der Waals surface area contributed by atoms with E-state index in [1.807, 2.05) is 30.7 Å². The fourth-order valence-electron chi connectivity index (χ4n) is 0.792. The average molecular weight is 201 g/mol. The van der Waals surface area contributed by atoms with Crippen molar-refractivity contribution in [1.29, 1.82) is 0 Å². The van der Waals surface area contributed by atoms with E-state index in [9.17, 15) is 4.79 Å². The van der Waals surface area contributed by atoms with Gasteiger partial charge in [0.05, 0.1) is 6.42 Å². The van der Waals surface area contributed by atoms with Gasteiger partial charge in [0, 0.05) is 6.04 Å². The maximum Gasteiger partial charge on any atom is 0.305 e. The van der Waals surface area contributed by atoms with Gasteiger partial charge in [-0.3, -0.25) is 4.79 Å². The summed E-state index contributed by atoms with van der Waals surface area (Å²) in [7, 11) is 0. The maximum absolute atomic E-state index is 10.2. The second-order valence-electron chi connectivity index (χ2n) is 2.26. The Bertz CT molecular complexity index is 234. The van der Waals surface area contributed by atoms with Gasteiger partial charge >= 0.3 is 5.97 Å². The van der Waals surface area contributed by atoms with Gasteiger partial charge in [0.15, 0.2) is 0 Å². The molecule has 4 heteroatoms. The zero-order chi connectivity index (χ0) is 10.3. The van der Waals surface area contributed by atoms with Gasteiger partial charge in [-0.1, -0.05) is 13.8 Å². The van der Waals surface area contributed by atoms with E-state index in [1.54, 1.807) is 0 Å². The smallest absolute Gasteiger partial charge is 0.305 e. The second kappa shape index (κ2) is 6.62. The lowest BCUT2D eigenvalue weighted by atomic mass is 10.1. The summed E-state index contributed by atoms with van der Waals surface area (Å²) >= 11 is 1.52. The molecule has 1 atom stereocenters. The van der Waals surface area contributed by atoms with Crippen LogP contribution >= 0.6 is 11.3 Å². The zero-order valence-electron chi connectivity index (χ0n) is 7.86. The number of carbonyl (C=O) groups is 1. The van der Waals surface area contributed by atoms with Gasteiger partial charge in [0.1, 0.15) is 0 Å². The van der Waals surface area contributed by atoms with E-state index in [-0.39, 0.29) is 12.5 Å². The van der Waals surface area contributed by atoms with Crippen molar-refractivity contribution in [2.45, 2.75) is 26.3 Å². The second-order valence-corrected chi connectivity index (χ2v) is 3.04. The molecule has 0 aliphatic heterocycles. The van der Waals surface area contributed by atoms with Gasteiger partial charge in [-0.05, 0) is 22.4 Å². The lowest BCUT2D eigenvalue weighted by molar-refractivity contribution is -0.137. The van der Waals surface area contributed by atoms with Crippen LogP contribution in [0.1, 0.15) is 31.9 Å². The lowest BCUT2D eigenvalue weighted by Gasteiger charge is -2.04. The third-order valence-corrected chi connectivity index (χ3v) is 2.07. The van der Waals surface area contributed by atoms with Crippen LogP contribution in [0, 0.1) is 0 Å². The average Bonchev–Trinajstić information content (AvgIpc) is 2.58. The Labute approximate surface area is 82.2 Å². The van der Waals surface area contributed by atoms with Crippen LogP contribution in [0.2, 0.25) is 0 Å². The first-order valence-electron chi connectivity index (χ1n) is 4.19. The highest BCUT2D eigenvalue weighted by atomic mass is 32.1. The predicted molar refractivity (Wildman–Crippen MR) is 54.8 cm³/mol. The van der Waals surface area contributed by atoms with Gasteiger partial charge in [-0.15, -0.1) is 0 Å². The van der Waals surface area contributed by atoms with Gasteiger partial charge < -0.3 is 10.8 Å². The van der Waals surface area contributed by atoms with Crippen molar-refractivity contribution in [3.05, 3.63) is 22.4 Å². The topological polar surface area (TPSA) is 63.3 Å². The van der Waals surface area contributed by atoms with E-state index in [1.165, 1.54) is 11.3 Å². The van der Waals surface area contributed by atoms with Crippen molar-refractivity contribution in [2.24, 2.45) is 5.73 Å². The molecule has 0 spiro atoms. The molecule has 1 heterocycles. The van der Waals surface area contributed by atoms with Crippen LogP contribution < -0.4 is 5.73 Å². The Morgan fingerprint density at radius 2 is 2.31 bits per heavy atom. The Morgan fingerprint density at radius 3 is 2.69 bits per heavy atom. The molecule has 0 aromatic carbocycles. The van der Waals surface area contributed by atoms with E-state index >= 15 is 0 Å². The van der Waals surface area contributed by atoms with Crippen LogP contribution in [0.3, 0.4) is 0 Å². The number of carboxylic acids is 1. The lowest BCUT2D eigenvalue weighted by Crippen LogP contribution is -2.13. The summed E-state index contributed by atoms with van der Waals surface area (Å²) in [5, 5.41) is 12.2. The molecule has 1 unspecified atom stereocenters. The van der Waals surface area contributed by atoms with Crippen LogP contribution in [0.5, 0.6) is 0 Å². The van der Waals surface area contributed by atoms with E-state index in [2.05, 4.69) is 0 Å². The monoisotopic (exact) mass is 201 g/mol. The fraction of sp³-hybridized carbons (Fsp3) is 0.444. The molecule has 1 aromatic heterocycles. The Balaban J connectivity index is 0.000000671. The number of aliphatic carboxylic acids is 1. The molecule has 0 saturated heterocycles. The zero-order valence-corrected chi connectivity index (χ0v) is 8.67. The molecule has 0 aliphatic carbocycles. The van der Waals surface area contributed by atoms with Crippen molar-refractivity contribution in [2.75, 3.05) is 0 Å². The SMILES string of the molecule is CC.NC(CC(=O)O)c1ccsc1. The van der Waals surface area contributed by atoms with Crippen molar-refractivity contribution >= 4 is 17.3 Å². The third kappa shape index (κ3) is 4.65. The first-order valence-corrected chi connectivity index (χ1v) is 5.14. The predicted octanol–water partition coefficient (Wildman–Crippen LogP) is 2.25. The number of thiophene rings is 1. The molecule has 1 rings (SSSR count). The molecule has 74 valence electrons. The number of rotatable bonds is 3. The summed E-state index contributed by atoms with van der Waals surface area (Å²) in [5.74, 6) is -0.858. The van der Waals surface area contributed by atoms with E-state index in [0.29, 0.717) is 0 Å². The van der Waals surface area contributed by atoms with Gasteiger partial charge in [0.25, 0.3) is 0 Å². The molecule has 0 fully saturated rings. The molecular formula is C9H15NO2S. The molecular weight excluding hydrogens is 186 g/mol. The Kier molecular flexibility index (Phi) is 6.18. The summed E-state index contributed by atoms with van der Waals surface area (Å²) in [6.07, 6.45) is -0.00324. The van der Waals surface area contributed by atoms with Crippen LogP contribution in [-0.4, -0.2) is 11.1 Å². The maximum atomic E-state index is 10.2.